The van der Waals surface area contributed by atoms with Gasteiger partial charge in [-0.2, -0.15) is 0 Å². The lowest BCUT2D eigenvalue weighted by Crippen LogP contribution is -2.49. The zero-order chi connectivity index (χ0) is 14.2. The van der Waals surface area contributed by atoms with Crippen LogP contribution >= 0.6 is 11.3 Å². The molecule has 4 rings (SSSR count). The summed E-state index contributed by atoms with van der Waals surface area (Å²) in [7, 11) is 0. The normalized spacial score (nSPS) is 29.5. The van der Waals surface area contributed by atoms with Crippen molar-refractivity contribution in [3.63, 3.8) is 0 Å². The fraction of sp³-hybridized carbons (Fsp3) is 0.824. The van der Waals surface area contributed by atoms with E-state index in [-0.39, 0.29) is 0 Å². The van der Waals surface area contributed by atoms with E-state index in [2.05, 4.69) is 16.7 Å². The van der Waals surface area contributed by atoms with Crippen molar-refractivity contribution in [2.75, 3.05) is 31.1 Å². The molecule has 4 heteroatoms. The lowest BCUT2D eigenvalue weighted by molar-refractivity contribution is 0.0857. The number of thiazole rings is 1. The molecule has 0 unspecified atom stereocenters. The van der Waals surface area contributed by atoms with Gasteiger partial charge in [-0.05, 0) is 64.0 Å². The van der Waals surface area contributed by atoms with Gasteiger partial charge < -0.3 is 4.90 Å². The van der Waals surface area contributed by atoms with Crippen LogP contribution in [0, 0.1) is 5.92 Å². The molecule has 1 aliphatic carbocycles. The lowest BCUT2D eigenvalue weighted by Gasteiger charge is -2.43. The van der Waals surface area contributed by atoms with Gasteiger partial charge in [-0.1, -0.05) is 6.92 Å². The summed E-state index contributed by atoms with van der Waals surface area (Å²) in [4.78, 5) is 11.9. The number of fused-ring (bicyclic) bond motifs is 2. The average Bonchev–Trinajstić information content (AvgIpc) is 3.14. The van der Waals surface area contributed by atoms with Gasteiger partial charge in [0.25, 0.3) is 0 Å². The van der Waals surface area contributed by atoms with Gasteiger partial charge in [-0.25, -0.2) is 4.98 Å². The lowest BCUT2D eigenvalue weighted by atomic mass is 9.79. The Bertz CT molecular complexity index is 490. The maximum atomic E-state index is 5.02. The van der Waals surface area contributed by atoms with Crippen molar-refractivity contribution in [2.24, 2.45) is 5.92 Å². The molecule has 1 aromatic heterocycles. The summed E-state index contributed by atoms with van der Waals surface area (Å²) in [5.74, 6) is 0.867. The van der Waals surface area contributed by atoms with Gasteiger partial charge in [0, 0.05) is 24.0 Å². The van der Waals surface area contributed by atoms with Crippen molar-refractivity contribution in [1.82, 2.24) is 9.88 Å². The first kappa shape index (κ1) is 14.0. The van der Waals surface area contributed by atoms with Crippen LogP contribution in [0.1, 0.15) is 49.6 Å². The highest BCUT2D eigenvalue weighted by molar-refractivity contribution is 7.15. The Labute approximate surface area is 132 Å². The Morgan fingerprint density at radius 1 is 1.14 bits per heavy atom. The molecule has 0 radical (unpaired) electrons. The molecule has 116 valence electrons. The second-order valence-electron chi connectivity index (χ2n) is 6.97. The number of anilines is 1. The SMILES string of the molecule is CCCN1CCC[C@@H]2Cc3nc(N4CCCC4)sc3C[C@H]21. The van der Waals surface area contributed by atoms with E-state index in [4.69, 9.17) is 4.98 Å². The van der Waals surface area contributed by atoms with E-state index in [1.807, 2.05) is 11.3 Å². The Morgan fingerprint density at radius 3 is 2.81 bits per heavy atom. The third kappa shape index (κ3) is 2.61. The topological polar surface area (TPSA) is 19.4 Å². The Balaban J connectivity index is 1.55. The first-order valence-corrected chi connectivity index (χ1v) is 9.64. The number of likely N-dealkylation sites (tertiary alicyclic amines) is 1. The molecule has 2 fully saturated rings. The van der Waals surface area contributed by atoms with E-state index in [1.165, 1.54) is 82.0 Å². The number of aromatic nitrogens is 1. The smallest absolute Gasteiger partial charge is 0.185 e. The summed E-state index contributed by atoms with van der Waals surface area (Å²) < 4.78 is 0. The van der Waals surface area contributed by atoms with Crippen molar-refractivity contribution < 1.29 is 0 Å². The summed E-state index contributed by atoms with van der Waals surface area (Å²) >= 11 is 2.00. The predicted octanol–water partition coefficient (Wildman–Crippen LogP) is 3.33. The first-order valence-electron chi connectivity index (χ1n) is 8.82. The van der Waals surface area contributed by atoms with Crippen LogP contribution in [0.3, 0.4) is 0 Å². The molecule has 0 amide bonds. The highest BCUT2D eigenvalue weighted by Crippen LogP contribution is 2.39. The first-order chi connectivity index (χ1) is 10.3. The molecule has 0 bridgehead atoms. The quantitative estimate of drug-likeness (QED) is 0.854. The van der Waals surface area contributed by atoms with E-state index in [0.29, 0.717) is 0 Å². The largest absolute Gasteiger partial charge is 0.348 e. The van der Waals surface area contributed by atoms with Gasteiger partial charge in [-0.3, -0.25) is 4.90 Å². The van der Waals surface area contributed by atoms with Crippen LogP contribution in [0.2, 0.25) is 0 Å². The van der Waals surface area contributed by atoms with Crippen molar-refractivity contribution in [1.29, 1.82) is 0 Å². The summed E-state index contributed by atoms with van der Waals surface area (Å²) in [5.41, 5.74) is 1.45. The molecule has 3 aliphatic rings. The zero-order valence-corrected chi connectivity index (χ0v) is 14.0. The van der Waals surface area contributed by atoms with E-state index >= 15 is 0 Å². The van der Waals surface area contributed by atoms with Crippen molar-refractivity contribution >= 4 is 16.5 Å². The van der Waals surface area contributed by atoms with Crippen LogP contribution in [0.4, 0.5) is 5.13 Å². The number of hydrogen-bond acceptors (Lipinski definition) is 4. The number of rotatable bonds is 3. The molecule has 0 saturated carbocycles. The Morgan fingerprint density at radius 2 is 2.00 bits per heavy atom. The molecule has 1 aromatic rings. The minimum atomic E-state index is 0.804. The fourth-order valence-electron chi connectivity index (χ4n) is 4.48. The monoisotopic (exact) mass is 305 g/mol. The summed E-state index contributed by atoms with van der Waals surface area (Å²) in [6.45, 7) is 7.37. The summed E-state index contributed by atoms with van der Waals surface area (Å²) in [5, 5.41) is 1.32. The number of piperidine rings is 1. The van der Waals surface area contributed by atoms with Gasteiger partial charge in [0.15, 0.2) is 5.13 Å². The van der Waals surface area contributed by atoms with E-state index < -0.39 is 0 Å². The van der Waals surface area contributed by atoms with Crippen LogP contribution in [0.15, 0.2) is 0 Å². The van der Waals surface area contributed by atoms with Gasteiger partial charge in [0.1, 0.15) is 0 Å². The summed E-state index contributed by atoms with van der Waals surface area (Å²) in [6, 6.07) is 0.804. The molecule has 21 heavy (non-hydrogen) atoms. The fourth-order valence-corrected chi connectivity index (χ4v) is 5.67. The predicted molar refractivity (Wildman–Crippen MR) is 89.3 cm³/mol. The molecule has 3 heterocycles. The molecule has 2 atom stereocenters. The maximum absolute atomic E-state index is 5.02. The van der Waals surface area contributed by atoms with E-state index in [0.717, 1.165) is 12.0 Å². The highest BCUT2D eigenvalue weighted by atomic mass is 32.1. The molecule has 0 N–H and O–H groups in total. The van der Waals surface area contributed by atoms with E-state index in [1.54, 1.807) is 4.88 Å². The second kappa shape index (κ2) is 5.88. The van der Waals surface area contributed by atoms with Crippen LogP contribution in [-0.2, 0) is 12.8 Å². The molecule has 2 saturated heterocycles. The average molecular weight is 305 g/mol. The summed E-state index contributed by atoms with van der Waals surface area (Å²) in [6.07, 6.45) is 9.30. The van der Waals surface area contributed by atoms with Gasteiger partial charge in [0.05, 0.1) is 5.69 Å². The maximum Gasteiger partial charge on any atom is 0.185 e. The molecule has 0 aromatic carbocycles. The molecular formula is C17H27N3S. The molecule has 3 nitrogen and oxygen atoms in total. The highest BCUT2D eigenvalue weighted by Gasteiger charge is 2.37. The third-order valence-corrected chi connectivity index (χ3v) is 6.72. The Kier molecular flexibility index (Phi) is 3.92. The van der Waals surface area contributed by atoms with Gasteiger partial charge >= 0.3 is 0 Å². The second-order valence-corrected chi connectivity index (χ2v) is 8.04. The van der Waals surface area contributed by atoms with Gasteiger partial charge in [0.2, 0.25) is 0 Å². The Hall–Kier alpha value is -0.610. The van der Waals surface area contributed by atoms with Crippen molar-refractivity contribution in [3.05, 3.63) is 10.6 Å². The minimum absolute atomic E-state index is 0.804. The third-order valence-electron chi connectivity index (χ3n) is 5.54. The molecule has 0 spiro atoms. The van der Waals surface area contributed by atoms with E-state index in [9.17, 15) is 0 Å². The van der Waals surface area contributed by atoms with Crippen LogP contribution in [0.25, 0.3) is 0 Å². The van der Waals surface area contributed by atoms with Crippen molar-refractivity contribution in [2.45, 2.75) is 57.9 Å². The van der Waals surface area contributed by atoms with Crippen molar-refractivity contribution in [3.8, 4) is 0 Å². The molecule has 2 aliphatic heterocycles. The van der Waals surface area contributed by atoms with Gasteiger partial charge in [-0.15, -0.1) is 11.3 Å². The zero-order valence-electron chi connectivity index (χ0n) is 13.2. The van der Waals surface area contributed by atoms with Crippen LogP contribution in [-0.4, -0.2) is 42.1 Å². The molecular weight excluding hydrogens is 278 g/mol. The van der Waals surface area contributed by atoms with Crippen LogP contribution < -0.4 is 4.90 Å². The standard InChI is InChI=1S/C17H27N3S/c1-2-7-19-10-5-6-13-11-14-16(12-15(13)19)21-17(18-14)20-8-3-4-9-20/h13,15H,2-12H2,1H3/t13-,15-/m1/s1. The minimum Gasteiger partial charge on any atom is -0.348 e. The number of nitrogens with zero attached hydrogens (tertiary/aromatic N) is 3. The number of hydrogen-bond donors (Lipinski definition) is 0. The van der Waals surface area contributed by atoms with Crippen LogP contribution in [0.5, 0.6) is 0 Å².